The molecule has 1 saturated heterocycles. The zero-order chi connectivity index (χ0) is 27.6. The molecule has 8 heteroatoms. The molecule has 2 aromatic carbocycles. The van der Waals surface area contributed by atoms with E-state index in [0.29, 0.717) is 24.8 Å². The van der Waals surface area contributed by atoms with Gasteiger partial charge in [0.2, 0.25) is 17.7 Å². The van der Waals surface area contributed by atoms with E-state index in [0.717, 1.165) is 0 Å². The Bertz CT molecular complexity index is 1200. The zero-order valence-corrected chi connectivity index (χ0v) is 22.7. The van der Waals surface area contributed by atoms with Crippen molar-refractivity contribution in [2.24, 2.45) is 11.8 Å². The Kier molecular flexibility index (Phi) is 8.19. The second-order valence-corrected chi connectivity index (χ2v) is 11.0. The molecule has 3 amide bonds. The highest BCUT2D eigenvalue weighted by atomic mass is 16.5. The van der Waals surface area contributed by atoms with Gasteiger partial charge in [-0.15, -0.1) is 0 Å². The van der Waals surface area contributed by atoms with Crippen molar-refractivity contribution in [1.82, 2.24) is 15.5 Å². The molecule has 1 heterocycles. The molecule has 0 spiro atoms. The van der Waals surface area contributed by atoms with E-state index in [9.17, 15) is 19.2 Å². The number of benzene rings is 2. The minimum Gasteiger partial charge on any atom is -0.465 e. The quantitative estimate of drug-likeness (QED) is 0.521. The summed E-state index contributed by atoms with van der Waals surface area (Å²) in [7, 11) is 1.27. The number of piperazine rings is 1. The largest absolute Gasteiger partial charge is 0.465 e. The Morgan fingerprint density at radius 2 is 1.61 bits per heavy atom. The van der Waals surface area contributed by atoms with Gasteiger partial charge in [0.1, 0.15) is 18.1 Å². The Morgan fingerprint density at radius 3 is 2.18 bits per heavy atom. The third-order valence-corrected chi connectivity index (χ3v) is 7.32. The van der Waals surface area contributed by atoms with Crippen LogP contribution in [0.3, 0.4) is 0 Å². The number of methoxy groups -OCH3 is 1. The van der Waals surface area contributed by atoms with Crippen LogP contribution in [0.15, 0.2) is 48.5 Å². The summed E-state index contributed by atoms with van der Waals surface area (Å²) >= 11 is 0. The predicted molar refractivity (Wildman–Crippen MR) is 143 cm³/mol. The lowest BCUT2D eigenvalue weighted by Gasteiger charge is -2.45. The van der Waals surface area contributed by atoms with Gasteiger partial charge < -0.3 is 20.3 Å². The topological polar surface area (TPSA) is 105 Å². The highest BCUT2D eigenvalue weighted by molar-refractivity contribution is 6.01. The van der Waals surface area contributed by atoms with Crippen LogP contribution in [0.5, 0.6) is 0 Å². The number of esters is 1. The smallest absolute Gasteiger partial charge is 0.338 e. The highest BCUT2D eigenvalue weighted by Crippen LogP contribution is 2.36. The molecular weight excluding hydrogens is 482 g/mol. The number of ether oxygens (including phenoxy) is 1. The van der Waals surface area contributed by atoms with E-state index in [1.165, 1.54) is 23.1 Å². The summed E-state index contributed by atoms with van der Waals surface area (Å²) in [6, 6.07) is 11.6. The van der Waals surface area contributed by atoms with Gasteiger partial charge in [-0.2, -0.15) is 0 Å². The van der Waals surface area contributed by atoms with Gasteiger partial charge in [-0.3, -0.25) is 14.4 Å². The Morgan fingerprint density at radius 1 is 1.00 bits per heavy atom. The molecule has 202 valence electrons. The number of amides is 3. The first kappa shape index (κ1) is 27.4. The van der Waals surface area contributed by atoms with Crippen LogP contribution >= 0.6 is 0 Å². The molecule has 0 unspecified atom stereocenters. The highest BCUT2D eigenvalue weighted by Gasteiger charge is 2.50. The maximum atomic E-state index is 14.4. The predicted octanol–water partition coefficient (Wildman–Crippen LogP) is 3.20. The van der Waals surface area contributed by atoms with Crippen LogP contribution in [0.4, 0.5) is 0 Å². The Balaban J connectivity index is 1.82. The molecular formula is C30H37N3O5. The van der Waals surface area contributed by atoms with Crippen LogP contribution in [0.1, 0.15) is 67.2 Å². The Hall–Kier alpha value is -3.68. The van der Waals surface area contributed by atoms with E-state index >= 15 is 0 Å². The minimum absolute atomic E-state index is 0.0815. The summed E-state index contributed by atoms with van der Waals surface area (Å²) < 4.78 is 5.00. The lowest BCUT2D eigenvalue weighted by atomic mass is 9.87. The third kappa shape index (κ3) is 5.44. The molecule has 38 heavy (non-hydrogen) atoms. The van der Waals surface area contributed by atoms with Gasteiger partial charge >= 0.3 is 5.97 Å². The van der Waals surface area contributed by atoms with Crippen molar-refractivity contribution in [2.75, 3.05) is 7.11 Å². The van der Waals surface area contributed by atoms with E-state index in [1.807, 2.05) is 39.8 Å². The first-order valence-electron chi connectivity index (χ1n) is 13.3. The molecule has 2 aromatic rings. The van der Waals surface area contributed by atoms with Crippen molar-refractivity contribution >= 4 is 23.7 Å². The van der Waals surface area contributed by atoms with Crippen molar-refractivity contribution < 1.29 is 23.9 Å². The number of fused-ring (bicyclic) bond motifs is 1. The first-order valence-corrected chi connectivity index (χ1v) is 13.3. The monoisotopic (exact) mass is 519 g/mol. The number of hydrogen-bond donors (Lipinski definition) is 2. The summed E-state index contributed by atoms with van der Waals surface area (Å²) in [6.07, 6.45) is 1.70. The van der Waals surface area contributed by atoms with Crippen molar-refractivity contribution in [3.63, 3.8) is 0 Å². The SMILES string of the molecule is COC(=O)c1ccccc1[C@H](C(=O)NC(C)C)N1C(=O)[C@@H](C2Cc3ccccc3C2)NC(=O)[C@H]1CC(C)C. The molecule has 0 saturated carbocycles. The number of rotatable bonds is 8. The molecule has 1 aliphatic carbocycles. The van der Waals surface area contributed by atoms with Crippen LogP contribution in [0, 0.1) is 11.8 Å². The number of carbonyl (C=O) groups excluding carboxylic acids is 4. The fourth-order valence-electron chi connectivity index (χ4n) is 5.69. The summed E-state index contributed by atoms with van der Waals surface area (Å²) in [6.45, 7) is 7.61. The van der Waals surface area contributed by atoms with Gasteiger partial charge in [-0.05, 0) is 67.7 Å². The molecule has 1 aliphatic heterocycles. The van der Waals surface area contributed by atoms with Crippen LogP contribution < -0.4 is 10.6 Å². The number of carbonyl (C=O) groups is 4. The summed E-state index contributed by atoms with van der Waals surface area (Å²) in [5, 5.41) is 5.92. The van der Waals surface area contributed by atoms with Crippen LogP contribution in [0.2, 0.25) is 0 Å². The van der Waals surface area contributed by atoms with Crippen LogP contribution in [0.25, 0.3) is 0 Å². The standard InChI is InChI=1S/C30H37N3O5/c1-17(2)14-24-27(34)32-25(21-15-19-10-6-7-11-20(19)16-21)29(36)33(24)26(28(35)31-18(3)4)22-12-8-9-13-23(22)30(37)38-5/h6-13,17-18,21,24-26H,14-16H2,1-5H3,(H,31,35)(H,32,34)/t24-,25-,26-/m1/s1. The summed E-state index contributed by atoms with van der Waals surface area (Å²) in [5.41, 5.74) is 2.86. The van der Waals surface area contributed by atoms with E-state index in [4.69, 9.17) is 4.74 Å². The van der Waals surface area contributed by atoms with Gasteiger partial charge in [0.05, 0.1) is 12.7 Å². The second-order valence-electron chi connectivity index (χ2n) is 11.0. The van der Waals surface area contributed by atoms with E-state index in [1.54, 1.807) is 24.3 Å². The minimum atomic E-state index is -1.18. The zero-order valence-electron chi connectivity index (χ0n) is 22.7. The van der Waals surface area contributed by atoms with Crippen LogP contribution in [-0.2, 0) is 32.0 Å². The van der Waals surface area contributed by atoms with Crippen molar-refractivity contribution in [1.29, 1.82) is 0 Å². The molecule has 0 bridgehead atoms. The summed E-state index contributed by atoms with van der Waals surface area (Å²) in [5.74, 6) is -1.69. The van der Waals surface area contributed by atoms with Gasteiger partial charge in [-0.25, -0.2) is 4.79 Å². The van der Waals surface area contributed by atoms with E-state index in [2.05, 4.69) is 22.8 Å². The number of nitrogens with zero attached hydrogens (tertiary/aromatic N) is 1. The molecule has 2 aliphatic rings. The maximum Gasteiger partial charge on any atom is 0.338 e. The molecule has 8 nitrogen and oxygen atoms in total. The fraction of sp³-hybridized carbons (Fsp3) is 0.467. The molecule has 3 atom stereocenters. The number of hydrogen-bond acceptors (Lipinski definition) is 5. The molecule has 4 rings (SSSR count). The molecule has 0 radical (unpaired) electrons. The fourth-order valence-corrected chi connectivity index (χ4v) is 5.69. The van der Waals surface area contributed by atoms with E-state index in [-0.39, 0.29) is 35.3 Å². The van der Waals surface area contributed by atoms with Gasteiger partial charge in [-0.1, -0.05) is 56.3 Å². The summed E-state index contributed by atoms with van der Waals surface area (Å²) in [4.78, 5) is 56.0. The van der Waals surface area contributed by atoms with Gasteiger partial charge in [0, 0.05) is 6.04 Å². The lowest BCUT2D eigenvalue weighted by molar-refractivity contribution is -0.158. The van der Waals surface area contributed by atoms with Crippen molar-refractivity contribution in [3.05, 3.63) is 70.8 Å². The lowest BCUT2D eigenvalue weighted by Crippen LogP contribution is -2.67. The first-order chi connectivity index (χ1) is 18.1. The third-order valence-electron chi connectivity index (χ3n) is 7.32. The molecule has 2 N–H and O–H groups in total. The van der Waals surface area contributed by atoms with Crippen LogP contribution in [-0.4, -0.2) is 53.8 Å². The average molecular weight is 520 g/mol. The number of nitrogens with one attached hydrogen (secondary N) is 2. The average Bonchev–Trinajstić information content (AvgIpc) is 3.31. The second kappa shape index (κ2) is 11.4. The normalized spacial score (nSPS) is 20.3. The molecule has 1 fully saturated rings. The van der Waals surface area contributed by atoms with Gasteiger partial charge in [0.25, 0.3) is 0 Å². The molecule has 0 aromatic heterocycles. The van der Waals surface area contributed by atoms with Crippen molar-refractivity contribution in [3.8, 4) is 0 Å². The van der Waals surface area contributed by atoms with Crippen molar-refractivity contribution in [2.45, 2.75) is 71.1 Å². The Labute approximate surface area is 224 Å². The van der Waals surface area contributed by atoms with E-state index < -0.39 is 30.0 Å². The van der Waals surface area contributed by atoms with Gasteiger partial charge in [0.15, 0.2) is 0 Å². The maximum absolute atomic E-state index is 14.4.